The number of hydrogen-bond acceptors (Lipinski definition) is 4. The fourth-order valence-corrected chi connectivity index (χ4v) is 4.71. The van der Waals surface area contributed by atoms with E-state index in [1.165, 1.54) is 0 Å². The molecule has 186 valence electrons. The van der Waals surface area contributed by atoms with Gasteiger partial charge in [0.2, 0.25) is 0 Å². The number of halogens is 3. The second-order valence-electron chi connectivity index (χ2n) is 8.68. The number of carboxylic acid groups (broad SMARTS) is 1. The molecular formula is C28H24Cl3NO4. The van der Waals surface area contributed by atoms with Crippen molar-refractivity contribution in [3.63, 3.8) is 0 Å². The Balaban J connectivity index is 1.54. The van der Waals surface area contributed by atoms with Crippen LogP contribution in [0.5, 0.6) is 5.75 Å². The molecule has 0 spiro atoms. The van der Waals surface area contributed by atoms with Crippen LogP contribution in [0.2, 0.25) is 15.1 Å². The molecule has 2 aromatic carbocycles. The second-order valence-corrected chi connectivity index (χ2v) is 9.90. The topological polar surface area (TPSA) is 72.6 Å². The van der Waals surface area contributed by atoms with Gasteiger partial charge in [-0.2, -0.15) is 0 Å². The zero-order valence-electron chi connectivity index (χ0n) is 19.7. The zero-order valence-corrected chi connectivity index (χ0v) is 21.9. The molecule has 4 rings (SSSR count). The molecule has 36 heavy (non-hydrogen) atoms. The van der Waals surface area contributed by atoms with Crippen LogP contribution < -0.4 is 4.74 Å². The molecule has 1 aliphatic rings. The van der Waals surface area contributed by atoms with Crippen molar-refractivity contribution in [1.82, 2.24) is 5.16 Å². The van der Waals surface area contributed by atoms with Crippen LogP contribution in [0.15, 0.2) is 70.8 Å². The number of aliphatic carboxylic acids is 1. The summed E-state index contributed by atoms with van der Waals surface area (Å²) in [5.74, 6) is -0.00375. The number of aromatic nitrogens is 1. The van der Waals surface area contributed by atoms with Crippen LogP contribution in [-0.4, -0.2) is 16.2 Å². The third kappa shape index (κ3) is 5.86. The van der Waals surface area contributed by atoms with Gasteiger partial charge in [0.25, 0.3) is 0 Å². The van der Waals surface area contributed by atoms with Gasteiger partial charge in [0, 0.05) is 11.5 Å². The minimum atomic E-state index is -0.835. The third-order valence-electron chi connectivity index (χ3n) is 5.76. The van der Waals surface area contributed by atoms with E-state index in [0.29, 0.717) is 44.3 Å². The minimum absolute atomic E-state index is 0.0751. The molecule has 1 N–H and O–H groups in total. The number of carbonyl (C=O) groups is 1. The Hall–Kier alpha value is -2.99. The molecule has 0 aliphatic heterocycles. The number of carboxylic acids is 1. The van der Waals surface area contributed by atoms with Crippen molar-refractivity contribution in [1.29, 1.82) is 0 Å². The van der Waals surface area contributed by atoms with Gasteiger partial charge in [-0.1, -0.05) is 90.3 Å². The molecule has 0 saturated carbocycles. The Bertz CT molecular complexity index is 1350. The minimum Gasteiger partial charge on any atom is -0.489 e. The smallest absolute Gasteiger partial charge is 0.310 e. The van der Waals surface area contributed by atoms with Gasteiger partial charge in [0.15, 0.2) is 0 Å². The first-order valence-corrected chi connectivity index (χ1v) is 12.5. The molecule has 1 atom stereocenters. The predicted molar refractivity (Wildman–Crippen MR) is 144 cm³/mol. The molecular weight excluding hydrogens is 521 g/mol. The monoisotopic (exact) mass is 543 g/mol. The fraction of sp³-hybridized carbons (Fsp3) is 0.214. The van der Waals surface area contributed by atoms with Gasteiger partial charge in [-0.15, -0.1) is 0 Å². The Labute approximate surface area is 224 Å². The largest absolute Gasteiger partial charge is 0.489 e. The highest BCUT2D eigenvalue weighted by molar-refractivity contribution is 6.39. The fourth-order valence-electron chi connectivity index (χ4n) is 3.90. The van der Waals surface area contributed by atoms with Crippen LogP contribution in [0.25, 0.3) is 17.3 Å². The van der Waals surface area contributed by atoms with Crippen molar-refractivity contribution in [2.75, 3.05) is 0 Å². The van der Waals surface area contributed by atoms with E-state index in [-0.39, 0.29) is 12.5 Å². The Morgan fingerprint density at radius 3 is 2.58 bits per heavy atom. The summed E-state index contributed by atoms with van der Waals surface area (Å²) >= 11 is 19.4. The van der Waals surface area contributed by atoms with E-state index in [1.54, 1.807) is 30.3 Å². The summed E-state index contributed by atoms with van der Waals surface area (Å²) in [7, 11) is 0. The summed E-state index contributed by atoms with van der Waals surface area (Å²) in [6.45, 7) is 4.21. The molecule has 0 amide bonds. The molecule has 1 heterocycles. The van der Waals surface area contributed by atoms with E-state index < -0.39 is 11.9 Å². The highest BCUT2D eigenvalue weighted by Crippen LogP contribution is 2.39. The van der Waals surface area contributed by atoms with Gasteiger partial charge >= 0.3 is 5.97 Å². The molecule has 5 nitrogen and oxygen atoms in total. The maximum Gasteiger partial charge on any atom is 0.310 e. The Kier molecular flexibility index (Phi) is 8.24. The van der Waals surface area contributed by atoms with Crippen molar-refractivity contribution in [2.24, 2.45) is 5.92 Å². The first-order valence-electron chi connectivity index (χ1n) is 11.4. The van der Waals surface area contributed by atoms with Crippen molar-refractivity contribution in [3.05, 3.63) is 98.2 Å². The van der Waals surface area contributed by atoms with Crippen LogP contribution in [-0.2, 0) is 11.4 Å². The van der Waals surface area contributed by atoms with Crippen LogP contribution in [0.3, 0.4) is 0 Å². The van der Waals surface area contributed by atoms with E-state index in [9.17, 15) is 9.90 Å². The molecule has 8 heteroatoms. The van der Waals surface area contributed by atoms with Crippen LogP contribution >= 0.6 is 34.8 Å². The van der Waals surface area contributed by atoms with E-state index in [2.05, 4.69) is 5.16 Å². The lowest BCUT2D eigenvalue weighted by Crippen LogP contribution is -2.12. The quantitative estimate of drug-likeness (QED) is 0.307. The van der Waals surface area contributed by atoms with Crippen LogP contribution in [0, 0.1) is 5.92 Å². The number of ether oxygens (including phenoxy) is 1. The van der Waals surface area contributed by atoms with E-state index >= 15 is 0 Å². The van der Waals surface area contributed by atoms with Gasteiger partial charge in [0.05, 0.1) is 26.5 Å². The average molecular weight is 545 g/mol. The SMILES string of the molecule is CC(C)c1onc(-c2c(Cl)cccc2Cl)c1COc1ccc(/C=C/C2=CC(C(=O)O)CC=C2)c(Cl)c1. The van der Waals surface area contributed by atoms with Gasteiger partial charge in [0.1, 0.15) is 23.8 Å². The number of hydrogen-bond donors (Lipinski definition) is 1. The summed E-state index contributed by atoms with van der Waals surface area (Å²) in [6.07, 6.45) is 9.68. The summed E-state index contributed by atoms with van der Waals surface area (Å²) in [6, 6.07) is 10.7. The maximum absolute atomic E-state index is 11.2. The average Bonchev–Trinajstić information content (AvgIpc) is 3.26. The number of allylic oxidation sites excluding steroid dienone is 4. The molecule has 0 radical (unpaired) electrons. The van der Waals surface area contributed by atoms with E-state index in [1.807, 2.05) is 50.3 Å². The maximum atomic E-state index is 11.2. The lowest BCUT2D eigenvalue weighted by molar-refractivity contribution is -0.140. The normalized spacial score (nSPS) is 15.5. The first-order chi connectivity index (χ1) is 17.2. The van der Waals surface area contributed by atoms with Gasteiger partial charge in [-0.05, 0) is 47.9 Å². The number of nitrogens with zero attached hydrogens (tertiary/aromatic N) is 1. The van der Waals surface area contributed by atoms with E-state index in [0.717, 1.165) is 16.7 Å². The van der Waals surface area contributed by atoms with Crippen LogP contribution in [0.1, 0.15) is 43.1 Å². The number of benzene rings is 2. The molecule has 1 unspecified atom stereocenters. The molecule has 0 fully saturated rings. The number of rotatable bonds is 8. The van der Waals surface area contributed by atoms with Crippen molar-refractivity contribution < 1.29 is 19.2 Å². The first kappa shape index (κ1) is 26.1. The molecule has 3 aromatic rings. The molecule has 0 saturated heterocycles. The van der Waals surface area contributed by atoms with Crippen LogP contribution in [0.4, 0.5) is 0 Å². The van der Waals surface area contributed by atoms with Crippen molar-refractivity contribution >= 4 is 46.8 Å². The lowest BCUT2D eigenvalue weighted by atomic mass is 9.96. The predicted octanol–water partition coefficient (Wildman–Crippen LogP) is 8.60. The Morgan fingerprint density at radius 2 is 1.92 bits per heavy atom. The van der Waals surface area contributed by atoms with E-state index in [4.69, 9.17) is 44.1 Å². The highest BCUT2D eigenvalue weighted by Gasteiger charge is 2.24. The molecule has 1 aromatic heterocycles. The molecule has 0 bridgehead atoms. The standard InChI is InChI=1S/C28H24Cl3NO4/c1-16(2)27-21(26(32-36-27)25-22(29)7-4-8-23(25)30)15-35-20-12-11-18(24(31)14-20)10-9-17-5-3-6-19(13-17)28(33)34/h3-5,7-14,16,19H,6,15H2,1-2H3,(H,33,34)/b10-9+. The van der Waals surface area contributed by atoms with Crippen molar-refractivity contribution in [2.45, 2.75) is 32.8 Å². The van der Waals surface area contributed by atoms with Crippen molar-refractivity contribution in [3.8, 4) is 17.0 Å². The summed E-state index contributed by atoms with van der Waals surface area (Å²) in [4.78, 5) is 11.2. The third-order valence-corrected chi connectivity index (χ3v) is 6.72. The molecule has 1 aliphatic carbocycles. The van der Waals surface area contributed by atoms with Gasteiger partial charge in [-0.3, -0.25) is 4.79 Å². The second kappa shape index (κ2) is 11.4. The lowest BCUT2D eigenvalue weighted by Gasteiger charge is -2.12. The summed E-state index contributed by atoms with van der Waals surface area (Å²) in [5, 5.41) is 14.9. The summed E-state index contributed by atoms with van der Waals surface area (Å²) < 4.78 is 11.7. The summed E-state index contributed by atoms with van der Waals surface area (Å²) in [5.41, 5.74) is 3.53. The zero-order chi connectivity index (χ0) is 25.8. The van der Waals surface area contributed by atoms with Gasteiger partial charge < -0.3 is 14.4 Å². The van der Waals surface area contributed by atoms with Gasteiger partial charge in [-0.25, -0.2) is 0 Å². The Morgan fingerprint density at radius 1 is 1.17 bits per heavy atom. The highest BCUT2D eigenvalue weighted by atomic mass is 35.5.